The Morgan fingerprint density at radius 3 is 0.792 bits per heavy atom. The molecule has 0 aliphatic heterocycles. The van der Waals surface area contributed by atoms with Crippen LogP contribution >= 0.6 is 0 Å². The topological polar surface area (TPSA) is 84.2 Å². The summed E-state index contributed by atoms with van der Waals surface area (Å²) in [7, 11) is 0. The molecule has 0 amide bonds. The molecule has 0 aliphatic rings. The Bertz CT molecular complexity index is 7540. The van der Waals surface area contributed by atoms with E-state index in [2.05, 4.69) is 364 Å². The van der Waals surface area contributed by atoms with Gasteiger partial charge in [-0.2, -0.15) is 0 Å². The Labute approximate surface area is 691 Å². The molecular formula is C111H71N9. The highest BCUT2D eigenvalue weighted by Crippen LogP contribution is 2.46. The van der Waals surface area contributed by atoms with Crippen LogP contribution in [0.25, 0.3) is 222 Å². The average molecular weight is 1530 g/mol. The number of rotatable bonds is 12. The molecule has 0 unspecified atom stereocenters. The molecule has 24 aromatic rings. The number of benzene rings is 18. The van der Waals surface area contributed by atoms with Gasteiger partial charge in [-0.3, -0.25) is 0 Å². The number of hydrogen-bond acceptors (Lipinski definition) is 5. The predicted octanol–water partition coefficient (Wildman–Crippen LogP) is 28.4. The highest BCUT2D eigenvalue weighted by molar-refractivity contribution is 6.30. The van der Waals surface area contributed by atoms with Crippen molar-refractivity contribution in [1.82, 2.24) is 43.2 Å². The SMILES string of the molecule is c1ccc(-c2cccc(-n3c4ccccc4c4c5c6ccccc6n(-c6ccc7ccc(-c8cc(-c9ccccc9)nc(-c9ccccc9)n8)cc7c6)c5ccc43)c2)cc1.c1ccc(-c2cccc(-n3c4ccccc4c4c5c6ccccc6n(-c6ccc7ccc(-c8nc(-c9ccccc9)nc(-c9ccccc9)n8)cc7c6)c5ccc43)c2)cc1. The first kappa shape index (κ1) is 69.3. The smallest absolute Gasteiger partial charge is 0.164 e. The molecule has 0 saturated heterocycles. The number of aromatic nitrogens is 9. The van der Waals surface area contributed by atoms with Crippen molar-refractivity contribution in [2.24, 2.45) is 0 Å². The van der Waals surface area contributed by atoms with Crippen LogP contribution < -0.4 is 0 Å². The van der Waals surface area contributed by atoms with Gasteiger partial charge in [0, 0.05) is 99.2 Å². The van der Waals surface area contributed by atoms with Gasteiger partial charge >= 0.3 is 0 Å². The average Bonchev–Trinajstić information content (AvgIpc) is 1.55. The van der Waals surface area contributed by atoms with E-state index in [1.54, 1.807) is 0 Å². The lowest BCUT2D eigenvalue weighted by molar-refractivity contribution is 1.07. The minimum Gasteiger partial charge on any atom is -0.309 e. The highest BCUT2D eigenvalue weighted by Gasteiger charge is 2.25. The van der Waals surface area contributed by atoms with E-state index in [9.17, 15) is 0 Å². The maximum atomic E-state index is 5.14. The van der Waals surface area contributed by atoms with Gasteiger partial charge in [-0.15, -0.1) is 0 Å². The quantitative estimate of drug-likeness (QED) is 0.122. The minimum atomic E-state index is 0.639. The van der Waals surface area contributed by atoms with Crippen LogP contribution in [0.15, 0.2) is 431 Å². The van der Waals surface area contributed by atoms with Crippen molar-refractivity contribution in [2.45, 2.75) is 0 Å². The van der Waals surface area contributed by atoms with Crippen LogP contribution in [0.4, 0.5) is 0 Å². The molecule has 0 fully saturated rings. The van der Waals surface area contributed by atoms with Crippen LogP contribution in [0.2, 0.25) is 0 Å². The first-order valence-electron chi connectivity index (χ1n) is 40.7. The number of para-hydroxylation sites is 4. The number of fused-ring (bicyclic) bond motifs is 16. The molecule has 9 heteroatoms. The van der Waals surface area contributed by atoms with Crippen molar-refractivity contribution in [3.05, 3.63) is 431 Å². The van der Waals surface area contributed by atoms with Crippen molar-refractivity contribution >= 4 is 109 Å². The molecule has 0 aliphatic carbocycles. The summed E-state index contributed by atoms with van der Waals surface area (Å²) in [4.78, 5) is 25.1. The Kier molecular flexibility index (Phi) is 16.7. The predicted molar refractivity (Wildman–Crippen MR) is 498 cm³/mol. The lowest BCUT2D eigenvalue weighted by atomic mass is 10.0. The summed E-state index contributed by atoms with van der Waals surface area (Å²) in [5.74, 6) is 2.65. The molecule has 0 bridgehead atoms. The van der Waals surface area contributed by atoms with Crippen LogP contribution in [-0.4, -0.2) is 43.2 Å². The summed E-state index contributed by atoms with van der Waals surface area (Å²) in [6.45, 7) is 0. The Morgan fingerprint density at radius 1 is 0.142 bits per heavy atom. The molecule has 6 heterocycles. The Balaban J connectivity index is 0.000000140. The summed E-state index contributed by atoms with van der Waals surface area (Å²) in [6, 6.07) is 153. The molecule has 9 nitrogen and oxygen atoms in total. The minimum absolute atomic E-state index is 0.639. The molecular weight excluding hydrogens is 1460 g/mol. The molecule has 24 rings (SSSR count). The van der Waals surface area contributed by atoms with Crippen molar-refractivity contribution in [1.29, 1.82) is 0 Å². The lowest BCUT2D eigenvalue weighted by Crippen LogP contribution is -2.00. The van der Waals surface area contributed by atoms with Gasteiger partial charge in [0.15, 0.2) is 23.3 Å². The Hall–Kier alpha value is -16.2. The lowest BCUT2D eigenvalue weighted by Gasteiger charge is -2.12. The van der Waals surface area contributed by atoms with Gasteiger partial charge in [-0.05, 0) is 159 Å². The van der Waals surface area contributed by atoms with E-state index in [1.165, 1.54) is 104 Å². The van der Waals surface area contributed by atoms with Gasteiger partial charge in [0.25, 0.3) is 0 Å². The maximum absolute atomic E-state index is 5.14. The van der Waals surface area contributed by atoms with E-state index in [0.717, 1.165) is 94.7 Å². The monoisotopic (exact) mass is 1530 g/mol. The first-order chi connectivity index (χ1) is 59.5. The summed E-state index contributed by atoms with van der Waals surface area (Å²) >= 11 is 0. The third-order valence-electron chi connectivity index (χ3n) is 23.6. The van der Waals surface area contributed by atoms with E-state index in [-0.39, 0.29) is 0 Å². The molecule has 0 atom stereocenters. The fourth-order valence-electron chi connectivity index (χ4n) is 18.1. The second kappa shape index (κ2) is 28.9. The standard InChI is InChI=1S/C56H36N4.C55H35N5/c1-4-15-37(16-5-1)41-21-14-22-44(34-41)59-50-25-12-10-23-46(50)54-52(59)31-32-53-55(54)47-24-11-13-26-51(47)60(53)45-30-29-38-27-28-42(33-43(38)35-45)49-36-48(39-17-6-2-7-18-39)57-56(58-49)40-19-8-3-9-20-40;1-4-15-36(16-5-1)40-21-14-22-43(34-40)59-47-25-12-10-23-45(47)51-49(59)31-32-50-52(51)46-24-11-13-26-48(46)60(50)44-30-29-37-27-28-41(33-42(37)35-44)55-57-53(38-17-6-2-7-18-38)56-54(58-55)39-19-8-3-9-20-39/h1-36H;1-35H. The normalized spacial score (nSPS) is 11.7. The molecule has 0 N–H and O–H groups in total. The molecule has 0 radical (unpaired) electrons. The number of nitrogens with zero attached hydrogens (tertiary/aromatic N) is 9. The second-order valence-corrected chi connectivity index (χ2v) is 30.7. The third kappa shape index (κ3) is 12.0. The van der Waals surface area contributed by atoms with Crippen LogP contribution in [0.5, 0.6) is 0 Å². The van der Waals surface area contributed by atoms with Crippen LogP contribution in [-0.2, 0) is 0 Å². The summed E-state index contributed by atoms with van der Waals surface area (Å²) in [5, 5.41) is 14.5. The van der Waals surface area contributed by atoms with Gasteiger partial charge in [0.2, 0.25) is 0 Å². The zero-order chi connectivity index (χ0) is 79.1. The first-order valence-corrected chi connectivity index (χ1v) is 40.7. The molecule has 0 spiro atoms. The molecule has 560 valence electrons. The summed E-state index contributed by atoms with van der Waals surface area (Å²) in [5.41, 5.74) is 26.4. The maximum Gasteiger partial charge on any atom is 0.164 e. The van der Waals surface area contributed by atoms with Gasteiger partial charge in [0.05, 0.1) is 55.5 Å². The molecule has 18 aromatic carbocycles. The second-order valence-electron chi connectivity index (χ2n) is 30.7. The molecule has 120 heavy (non-hydrogen) atoms. The van der Waals surface area contributed by atoms with Crippen LogP contribution in [0.1, 0.15) is 0 Å². The van der Waals surface area contributed by atoms with E-state index >= 15 is 0 Å². The van der Waals surface area contributed by atoms with Crippen molar-refractivity contribution in [3.63, 3.8) is 0 Å². The van der Waals surface area contributed by atoms with Crippen molar-refractivity contribution in [2.75, 3.05) is 0 Å². The van der Waals surface area contributed by atoms with Gasteiger partial charge in [-0.25, -0.2) is 24.9 Å². The van der Waals surface area contributed by atoms with Gasteiger partial charge < -0.3 is 18.3 Å². The van der Waals surface area contributed by atoms with Crippen LogP contribution in [0.3, 0.4) is 0 Å². The zero-order valence-corrected chi connectivity index (χ0v) is 65.0. The van der Waals surface area contributed by atoms with Gasteiger partial charge in [-0.1, -0.05) is 315 Å². The fraction of sp³-hybridized carbons (Fsp3) is 0. The van der Waals surface area contributed by atoms with E-state index in [4.69, 9.17) is 24.9 Å². The van der Waals surface area contributed by atoms with Crippen molar-refractivity contribution < 1.29 is 0 Å². The number of hydrogen-bond donors (Lipinski definition) is 0. The van der Waals surface area contributed by atoms with E-state index in [0.29, 0.717) is 23.3 Å². The summed E-state index contributed by atoms with van der Waals surface area (Å²) < 4.78 is 9.71. The van der Waals surface area contributed by atoms with Crippen LogP contribution in [0, 0.1) is 0 Å². The summed E-state index contributed by atoms with van der Waals surface area (Å²) in [6.07, 6.45) is 0. The third-order valence-corrected chi connectivity index (χ3v) is 23.6. The zero-order valence-electron chi connectivity index (χ0n) is 65.0. The Morgan fingerprint density at radius 2 is 0.417 bits per heavy atom. The van der Waals surface area contributed by atoms with Crippen molar-refractivity contribution in [3.8, 4) is 113 Å². The van der Waals surface area contributed by atoms with E-state index in [1.807, 2.05) is 84.9 Å². The highest BCUT2D eigenvalue weighted by atomic mass is 15.0. The molecule has 0 saturated carbocycles. The van der Waals surface area contributed by atoms with E-state index < -0.39 is 0 Å². The fourth-order valence-corrected chi connectivity index (χ4v) is 18.1. The molecule has 6 aromatic heterocycles. The van der Waals surface area contributed by atoms with Gasteiger partial charge in [0.1, 0.15) is 0 Å². The largest absolute Gasteiger partial charge is 0.309 e.